The predicted octanol–water partition coefficient (Wildman–Crippen LogP) is 1.86. The molecule has 0 saturated carbocycles. The summed E-state index contributed by atoms with van der Waals surface area (Å²) in [5, 5.41) is 8.93. The van der Waals surface area contributed by atoms with Crippen LogP contribution in [0.15, 0.2) is 18.3 Å². The van der Waals surface area contributed by atoms with Crippen LogP contribution in [0.25, 0.3) is 0 Å². The third-order valence-corrected chi connectivity index (χ3v) is 3.44. The van der Waals surface area contributed by atoms with Crippen molar-refractivity contribution in [2.24, 2.45) is 0 Å². The molecule has 1 aliphatic rings. The molecule has 1 atom stereocenters. The number of likely N-dealkylation sites (tertiary alicyclic amines) is 1. The Kier molecular flexibility index (Phi) is 4.14. The molecule has 19 heavy (non-hydrogen) atoms. The number of aliphatic carboxylic acids is 1. The molecular weight excluding hydrogens is 244 g/mol. The van der Waals surface area contributed by atoms with Crippen LogP contribution in [-0.4, -0.2) is 39.5 Å². The number of aromatic nitrogens is 1. The molecule has 1 aromatic heterocycles. The summed E-state index contributed by atoms with van der Waals surface area (Å²) in [5.74, 6) is -0.938. The number of nitrogens with zero attached hydrogens (tertiary/aromatic N) is 2. The number of amides is 1. The topological polar surface area (TPSA) is 70.5 Å². The van der Waals surface area contributed by atoms with E-state index in [1.807, 2.05) is 6.92 Å². The molecule has 102 valence electrons. The van der Waals surface area contributed by atoms with Gasteiger partial charge < -0.3 is 10.0 Å². The lowest BCUT2D eigenvalue weighted by Gasteiger charge is -2.35. The van der Waals surface area contributed by atoms with Crippen molar-refractivity contribution >= 4 is 11.9 Å². The lowest BCUT2D eigenvalue weighted by molar-refractivity contribution is -0.138. The van der Waals surface area contributed by atoms with Gasteiger partial charge in [-0.3, -0.25) is 14.6 Å². The van der Waals surface area contributed by atoms with E-state index in [9.17, 15) is 9.59 Å². The number of pyridine rings is 1. The maximum absolute atomic E-state index is 12.4. The minimum atomic E-state index is -0.851. The number of hydrogen-bond donors (Lipinski definition) is 1. The zero-order valence-electron chi connectivity index (χ0n) is 11.0. The van der Waals surface area contributed by atoms with Crippen LogP contribution < -0.4 is 0 Å². The Bertz CT molecular complexity index is 487. The fourth-order valence-electron chi connectivity index (χ4n) is 2.53. The molecule has 0 radical (unpaired) electrons. The molecular formula is C14H18N2O3. The highest BCUT2D eigenvalue weighted by molar-refractivity contribution is 5.94. The highest BCUT2D eigenvalue weighted by Gasteiger charge is 2.29. The molecule has 1 amide bonds. The van der Waals surface area contributed by atoms with Crippen LogP contribution in [0.3, 0.4) is 0 Å². The highest BCUT2D eigenvalue weighted by atomic mass is 16.4. The Morgan fingerprint density at radius 3 is 2.95 bits per heavy atom. The molecule has 2 rings (SSSR count). The van der Waals surface area contributed by atoms with Crippen molar-refractivity contribution in [3.63, 3.8) is 0 Å². The van der Waals surface area contributed by atoms with Crippen LogP contribution in [0, 0.1) is 6.92 Å². The van der Waals surface area contributed by atoms with Gasteiger partial charge in [0.15, 0.2) is 0 Å². The number of rotatable bonds is 3. The Morgan fingerprint density at radius 1 is 1.47 bits per heavy atom. The van der Waals surface area contributed by atoms with Gasteiger partial charge in [-0.2, -0.15) is 0 Å². The van der Waals surface area contributed by atoms with Gasteiger partial charge in [0.2, 0.25) is 0 Å². The van der Waals surface area contributed by atoms with E-state index in [0.29, 0.717) is 12.1 Å². The first kappa shape index (κ1) is 13.5. The molecule has 0 spiro atoms. The molecule has 1 unspecified atom stereocenters. The van der Waals surface area contributed by atoms with E-state index in [1.54, 1.807) is 23.2 Å². The molecule has 0 aliphatic carbocycles. The van der Waals surface area contributed by atoms with Crippen molar-refractivity contribution in [1.29, 1.82) is 0 Å². The van der Waals surface area contributed by atoms with Gasteiger partial charge in [-0.15, -0.1) is 0 Å². The van der Waals surface area contributed by atoms with E-state index in [0.717, 1.165) is 25.0 Å². The largest absolute Gasteiger partial charge is 0.481 e. The average Bonchev–Trinajstić information content (AvgIpc) is 2.38. The van der Waals surface area contributed by atoms with Crippen molar-refractivity contribution in [2.75, 3.05) is 6.54 Å². The first-order chi connectivity index (χ1) is 9.08. The summed E-state index contributed by atoms with van der Waals surface area (Å²) >= 11 is 0. The maximum Gasteiger partial charge on any atom is 0.305 e. The number of carbonyl (C=O) groups is 2. The number of carboxylic acid groups (broad SMARTS) is 1. The van der Waals surface area contributed by atoms with Gasteiger partial charge in [0.05, 0.1) is 6.42 Å². The van der Waals surface area contributed by atoms with Gasteiger partial charge in [-0.1, -0.05) is 0 Å². The fourth-order valence-corrected chi connectivity index (χ4v) is 2.53. The Labute approximate surface area is 112 Å². The lowest BCUT2D eigenvalue weighted by Crippen LogP contribution is -2.44. The van der Waals surface area contributed by atoms with Crippen LogP contribution in [0.2, 0.25) is 0 Å². The second-order valence-electron chi connectivity index (χ2n) is 4.93. The van der Waals surface area contributed by atoms with E-state index in [2.05, 4.69) is 4.98 Å². The summed E-state index contributed by atoms with van der Waals surface area (Å²) in [5.41, 5.74) is 1.38. The number of carbonyl (C=O) groups excluding carboxylic acids is 1. The second kappa shape index (κ2) is 5.82. The second-order valence-corrected chi connectivity index (χ2v) is 4.93. The van der Waals surface area contributed by atoms with E-state index in [1.165, 1.54) is 0 Å². The average molecular weight is 262 g/mol. The Morgan fingerprint density at radius 2 is 2.26 bits per heavy atom. The quantitative estimate of drug-likeness (QED) is 0.902. The zero-order valence-corrected chi connectivity index (χ0v) is 11.0. The minimum absolute atomic E-state index is 0.0236. The molecule has 5 nitrogen and oxygen atoms in total. The normalized spacial score (nSPS) is 19.2. The van der Waals surface area contributed by atoms with E-state index >= 15 is 0 Å². The fraction of sp³-hybridized carbons (Fsp3) is 0.500. The van der Waals surface area contributed by atoms with Gasteiger partial charge in [-0.05, 0) is 38.3 Å². The van der Waals surface area contributed by atoms with Gasteiger partial charge in [0.1, 0.15) is 0 Å². The molecule has 1 aromatic rings. The predicted molar refractivity (Wildman–Crippen MR) is 69.9 cm³/mol. The third kappa shape index (κ3) is 3.30. The van der Waals surface area contributed by atoms with Crippen molar-refractivity contribution in [3.8, 4) is 0 Å². The number of carboxylic acids is 1. The number of aryl methyl sites for hydroxylation is 1. The summed E-state index contributed by atoms with van der Waals surface area (Å²) in [6, 6.07) is 3.24. The maximum atomic E-state index is 12.4. The third-order valence-electron chi connectivity index (χ3n) is 3.44. The molecule has 5 heteroatoms. The molecule has 0 aromatic carbocycles. The van der Waals surface area contributed by atoms with E-state index in [-0.39, 0.29) is 18.4 Å². The molecule has 1 aliphatic heterocycles. The molecule has 1 saturated heterocycles. The monoisotopic (exact) mass is 262 g/mol. The number of piperidine rings is 1. The van der Waals surface area contributed by atoms with E-state index < -0.39 is 5.97 Å². The van der Waals surface area contributed by atoms with Gasteiger partial charge in [0.25, 0.3) is 5.91 Å². The zero-order chi connectivity index (χ0) is 13.8. The SMILES string of the molecule is Cc1cc(C(=O)N2CCCCC2CC(=O)O)ccn1. The standard InChI is InChI=1S/C14H18N2O3/c1-10-8-11(5-6-15-10)14(19)16-7-3-2-4-12(16)9-13(17)18/h5-6,8,12H,2-4,7,9H2,1H3,(H,17,18). The summed E-state index contributed by atoms with van der Waals surface area (Å²) in [6.45, 7) is 2.47. The molecule has 0 bridgehead atoms. The van der Waals surface area contributed by atoms with Gasteiger partial charge in [-0.25, -0.2) is 0 Å². The Hall–Kier alpha value is -1.91. The van der Waals surface area contributed by atoms with E-state index in [4.69, 9.17) is 5.11 Å². The van der Waals surface area contributed by atoms with Crippen LogP contribution >= 0.6 is 0 Å². The van der Waals surface area contributed by atoms with Gasteiger partial charge in [0, 0.05) is 30.0 Å². The van der Waals surface area contributed by atoms with Crippen molar-refractivity contribution < 1.29 is 14.7 Å². The van der Waals surface area contributed by atoms with Crippen LogP contribution in [-0.2, 0) is 4.79 Å². The summed E-state index contributed by atoms with van der Waals surface area (Å²) < 4.78 is 0. The van der Waals surface area contributed by atoms with Crippen LogP contribution in [0.5, 0.6) is 0 Å². The van der Waals surface area contributed by atoms with Crippen LogP contribution in [0.1, 0.15) is 41.7 Å². The summed E-state index contributed by atoms with van der Waals surface area (Å²) in [4.78, 5) is 29.1. The molecule has 2 heterocycles. The Balaban J connectivity index is 2.17. The molecule has 1 fully saturated rings. The van der Waals surface area contributed by atoms with Crippen molar-refractivity contribution in [1.82, 2.24) is 9.88 Å². The van der Waals surface area contributed by atoms with Gasteiger partial charge >= 0.3 is 5.97 Å². The highest BCUT2D eigenvalue weighted by Crippen LogP contribution is 2.22. The summed E-state index contributed by atoms with van der Waals surface area (Å²) in [6.07, 6.45) is 4.32. The van der Waals surface area contributed by atoms with Crippen molar-refractivity contribution in [2.45, 2.75) is 38.6 Å². The first-order valence-electron chi connectivity index (χ1n) is 6.53. The minimum Gasteiger partial charge on any atom is -0.481 e. The summed E-state index contributed by atoms with van der Waals surface area (Å²) in [7, 11) is 0. The lowest BCUT2D eigenvalue weighted by atomic mass is 9.98. The smallest absolute Gasteiger partial charge is 0.305 e. The number of hydrogen-bond acceptors (Lipinski definition) is 3. The van der Waals surface area contributed by atoms with Crippen molar-refractivity contribution in [3.05, 3.63) is 29.6 Å². The van der Waals surface area contributed by atoms with Crippen LogP contribution in [0.4, 0.5) is 0 Å². The first-order valence-corrected chi connectivity index (χ1v) is 6.53. The molecule has 1 N–H and O–H groups in total.